The lowest BCUT2D eigenvalue weighted by atomic mass is 10.1. The van der Waals surface area contributed by atoms with Crippen molar-refractivity contribution in [1.82, 2.24) is 14.5 Å². The van der Waals surface area contributed by atoms with Crippen LogP contribution < -0.4 is 10.7 Å². The number of halogens is 1. The molecule has 170 valence electrons. The summed E-state index contributed by atoms with van der Waals surface area (Å²) in [5.41, 5.74) is 8.78. The average molecular weight is 468 g/mol. The van der Waals surface area contributed by atoms with Crippen LogP contribution in [-0.2, 0) is 0 Å². The Bertz CT molecular complexity index is 1530. The monoisotopic (exact) mass is 467 g/mol. The Labute approximate surface area is 204 Å². The molecule has 34 heavy (non-hydrogen) atoms. The van der Waals surface area contributed by atoms with E-state index < -0.39 is 0 Å². The van der Waals surface area contributed by atoms with E-state index in [1.807, 2.05) is 43.3 Å². The van der Waals surface area contributed by atoms with Crippen molar-refractivity contribution in [2.45, 2.75) is 33.7 Å². The molecule has 0 atom stereocenters. The van der Waals surface area contributed by atoms with Gasteiger partial charge in [0.1, 0.15) is 0 Å². The molecule has 1 aliphatic heterocycles. The van der Waals surface area contributed by atoms with Gasteiger partial charge in [0.25, 0.3) is 0 Å². The molecule has 5 rings (SSSR count). The van der Waals surface area contributed by atoms with Crippen molar-refractivity contribution in [2.75, 3.05) is 5.32 Å². The van der Waals surface area contributed by atoms with Crippen molar-refractivity contribution in [3.8, 4) is 17.1 Å². The zero-order valence-electron chi connectivity index (χ0n) is 19.7. The summed E-state index contributed by atoms with van der Waals surface area (Å²) in [4.78, 5) is 14.4. The molecule has 1 aromatic heterocycles. The fraction of sp³-hybridized carbons (Fsp3) is 0.179. The fourth-order valence-corrected chi connectivity index (χ4v) is 4.24. The molecule has 2 heterocycles. The Morgan fingerprint density at radius 1 is 0.941 bits per heavy atom. The smallest absolute Gasteiger partial charge is 0.0900 e. The molecule has 0 fully saturated rings. The minimum atomic E-state index is 0.132. The van der Waals surface area contributed by atoms with Gasteiger partial charge in [0.15, 0.2) is 0 Å². The van der Waals surface area contributed by atoms with Gasteiger partial charge in [-0.05, 0) is 93.9 Å². The molecule has 0 radical (unpaired) electrons. The van der Waals surface area contributed by atoms with Gasteiger partial charge in [-0.2, -0.15) is 0 Å². The van der Waals surface area contributed by atoms with Gasteiger partial charge in [-0.25, -0.2) is 4.98 Å². The van der Waals surface area contributed by atoms with E-state index in [4.69, 9.17) is 21.6 Å². The van der Waals surface area contributed by atoms with Crippen molar-refractivity contribution in [2.24, 2.45) is 4.99 Å². The van der Waals surface area contributed by atoms with Crippen LogP contribution in [0.5, 0.6) is 0 Å². The Kier molecular flexibility index (Phi) is 5.80. The highest BCUT2D eigenvalue weighted by molar-refractivity contribution is 6.30. The first-order valence-electron chi connectivity index (χ1n) is 11.3. The Balaban J connectivity index is 1.85. The first-order valence-corrected chi connectivity index (χ1v) is 11.7. The van der Waals surface area contributed by atoms with E-state index in [2.05, 4.69) is 66.0 Å². The molecule has 6 heteroatoms. The molecule has 1 N–H and O–H groups in total. The third-order valence-electron chi connectivity index (χ3n) is 5.70. The molecule has 5 nitrogen and oxygen atoms in total. The highest BCUT2D eigenvalue weighted by Gasteiger charge is 2.17. The van der Waals surface area contributed by atoms with Gasteiger partial charge in [0.2, 0.25) is 0 Å². The number of nitrogens with zero attached hydrogens (tertiary/aromatic N) is 4. The topological polar surface area (TPSA) is 55.1 Å². The van der Waals surface area contributed by atoms with Crippen LogP contribution in [0.3, 0.4) is 0 Å². The van der Waals surface area contributed by atoms with Crippen molar-refractivity contribution in [3.63, 3.8) is 0 Å². The van der Waals surface area contributed by atoms with Crippen molar-refractivity contribution in [3.05, 3.63) is 94.6 Å². The molecule has 2 aliphatic rings. The lowest BCUT2D eigenvalue weighted by Gasteiger charge is -2.21. The van der Waals surface area contributed by atoms with E-state index in [0.29, 0.717) is 5.02 Å². The van der Waals surface area contributed by atoms with Crippen molar-refractivity contribution in [1.29, 1.82) is 0 Å². The van der Waals surface area contributed by atoms with Crippen LogP contribution in [0.2, 0.25) is 5.02 Å². The zero-order chi connectivity index (χ0) is 23.8. The van der Waals surface area contributed by atoms with Crippen molar-refractivity contribution >= 4 is 34.0 Å². The third kappa shape index (κ3) is 4.27. The molecule has 0 saturated heterocycles. The number of aromatic nitrogens is 3. The number of rotatable bonds is 4. The van der Waals surface area contributed by atoms with E-state index in [0.717, 1.165) is 50.5 Å². The van der Waals surface area contributed by atoms with Gasteiger partial charge in [-0.15, -0.1) is 0 Å². The van der Waals surface area contributed by atoms with Crippen molar-refractivity contribution < 1.29 is 0 Å². The molecule has 0 bridgehead atoms. The van der Waals surface area contributed by atoms with E-state index in [9.17, 15) is 0 Å². The maximum atomic E-state index is 6.20. The van der Waals surface area contributed by atoms with Crippen LogP contribution in [0.15, 0.2) is 77.9 Å². The zero-order valence-corrected chi connectivity index (χ0v) is 20.4. The SMILES string of the molecule is Cc1ccc2nc3cc(Nc4cccnc4C)/c(=N/C(C)C)cc-3n(-c3ccc(Cl)cc3)c2c1. The number of aryl methyl sites for hydroxylation is 2. The average Bonchev–Trinajstić information content (AvgIpc) is 2.80. The lowest BCUT2D eigenvalue weighted by molar-refractivity contribution is 0.806. The van der Waals surface area contributed by atoms with Crippen LogP contribution >= 0.6 is 11.6 Å². The number of hydrogen-bond donors (Lipinski definition) is 1. The first kappa shape index (κ1) is 22.1. The standard InChI is InChI=1S/C28H26ClN5/c1-17(2)31-25-16-28-26(15-24(25)32-22-6-5-13-30-19(22)4)33-23-12-7-18(3)14-27(23)34(28)21-10-8-20(29)9-11-21/h5-17,32H,1-4H3/b31-25+. The number of anilines is 2. The normalized spacial score (nSPS) is 12.1. The summed E-state index contributed by atoms with van der Waals surface area (Å²) >= 11 is 6.20. The molecule has 1 aliphatic carbocycles. The largest absolute Gasteiger partial charge is 0.352 e. The van der Waals surface area contributed by atoms with Gasteiger partial charge in [0, 0.05) is 22.9 Å². The number of hydrogen-bond acceptors (Lipinski definition) is 4. The van der Waals surface area contributed by atoms with Gasteiger partial charge >= 0.3 is 0 Å². The molecule has 3 aromatic rings. The Morgan fingerprint density at radius 3 is 2.47 bits per heavy atom. The minimum Gasteiger partial charge on any atom is -0.352 e. The number of nitrogens with one attached hydrogen (secondary N) is 1. The summed E-state index contributed by atoms with van der Waals surface area (Å²) in [6.45, 7) is 8.25. The molecule has 0 saturated carbocycles. The van der Waals surface area contributed by atoms with E-state index in [1.54, 1.807) is 6.20 Å². The second kappa shape index (κ2) is 8.92. The maximum absolute atomic E-state index is 6.20. The summed E-state index contributed by atoms with van der Waals surface area (Å²) in [5, 5.41) is 5.12. The summed E-state index contributed by atoms with van der Waals surface area (Å²) in [5.74, 6) is 0. The highest BCUT2D eigenvalue weighted by atomic mass is 35.5. The third-order valence-corrected chi connectivity index (χ3v) is 5.96. The van der Waals surface area contributed by atoms with E-state index in [-0.39, 0.29) is 6.04 Å². The van der Waals surface area contributed by atoms with Gasteiger partial charge < -0.3 is 9.88 Å². The molecular weight excluding hydrogens is 442 g/mol. The van der Waals surface area contributed by atoms with E-state index >= 15 is 0 Å². The molecule has 0 spiro atoms. The van der Waals surface area contributed by atoms with Crippen LogP contribution in [0.1, 0.15) is 25.1 Å². The summed E-state index contributed by atoms with van der Waals surface area (Å²) in [7, 11) is 0. The van der Waals surface area contributed by atoms with Crippen LogP contribution in [0.25, 0.3) is 28.1 Å². The molecule has 2 aromatic carbocycles. The highest BCUT2D eigenvalue weighted by Crippen LogP contribution is 2.31. The van der Waals surface area contributed by atoms with Crippen LogP contribution in [-0.4, -0.2) is 20.6 Å². The maximum Gasteiger partial charge on any atom is 0.0900 e. The summed E-state index contributed by atoms with van der Waals surface area (Å²) in [6.07, 6.45) is 1.80. The molecular formula is C28H26ClN5. The Hall–Kier alpha value is -3.70. The second-order valence-corrected chi connectivity index (χ2v) is 9.19. The van der Waals surface area contributed by atoms with E-state index in [1.165, 1.54) is 5.56 Å². The number of benzene rings is 3. The lowest BCUT2D eigenvalue weighted by Crippen LogP contribution is -2.17. The summed E-state index contributed by atoms with van der Waals surface area (Å²) < 4.78 is 2.24. The van der Waals surface area contributed by atoms with Gasteiger partial charge in [-0.1, -0.05) is 17.7 Å². The first-order chi connectivity index (χ1) is 16.4. The predicted octanol–water partition coefficient (Wildman–Crippen LogP) is 6.85. The quantitative estimate of drug-likeness (QED) is 0.294. The molecule has 0 unspecified atom stereocenters. The van der Waals surface area contributed by atoms with Crippen LogP contribution in [0.4, 0.5) is 11.4 Å². The Morgan fingerprint density at radius 2 is 1.74 bits per heavy atom. The van der Waals surface area contributed by atoms with Crippen LogP contribution in [0, 0.1) is 13.8 Å². The second-order valence-electron chi connectivity index (χ2n) is 8.76. The number of pyridine rings is 1. The molecule has 0 amide bonds. The predicted molar refractivity (Wildman–Crippen MR) is 140 cm³/mol. The van der Waals surface area contributed by atoms with Gasteiger partial charge in [-0.3, -0.25) is 9.98 Å². The fourth-order valence-electron chi connectivity index (χ4n) is 4.12. The number of fused-ring (bicyclic) bond motifs is 2. The minimum absolute atomic E-state index is 0.132. The van der Waals surface area contributed by atoms with Gasteiger partial charge in [0.05, 0.1) is 44.8 Å². The summed E-state index contributed by atoms with van der Waals surface area (Å²) in [6, 6.07) is 22.5.